The van der Waals surface area contributed by atoms with E-state index in [1.165, 1.54) is 31.9 Å². The van der Waals surface area contributed by atoms with Gasteiger partial charge in [0.2, 0.25) is 0 Å². The highest BCUT2D eigenvalue weighted by Gasteiger charge is 2.33. The van der Waals surface area contributed by atoms with E-state index in [9.17, 15) is 8.42 Å². The van der Waals surface area contributed by atoms with E-state index in [-0.39, 0.29) is 5.25 Å². The molecule has 1 saturated heterocycles. The second kappa shape index (κ2) is 7.93. The van der Waals surface area contributed by atoms with Crippen molar-refractivity contribution in [2.24, 2.45) is 5.92 Å². The average Bonchev–Trinajstić information content (AvgIpc) is 2.47. The molecule has 3 unspecified atom stereocenters. The summed E-state index contributed by atoms with van der Waals surface area (Å²) in [4.78, 5) is 2.58. The van der Waals surface area contributed by atoms with Gasteiger partial charge in [-0.3, -0.25) is 0 Å². The van der Waals surface area contributed by atoms with E-state index in [1.54, 1.807) is 0 Å². The SMILES string of the molecule is CCCNCC1CCCN(C2CCCC(S(C)(=O)=O)C2)C1. The van der Waals surface area contributed by atoms with Crippen LogP contribution in [0.1, 0.15) is 51.9 Å². The molecule has 2 fully saturated rings. The minimum absolute atomic E-state index is 0.102. The van der Waals surface area contributed by atoms with Crippen molar-refractivity contribution in [2.75, 3.05) is 32.4 Å². The third kappa shape index (κ3) is 5.22. The lowest BCUT2D eigenvalue weighted by Gasteiger charge is -2.41. The Morgan fingerprint density at radius 2 is 2.00 bits per heavy atom. The molecule has 2 aliphatic rings. The fourth-order valence-electron chi connectivity index (χ4n) is 3.92. The monoisotopic (exact) mass is 316 g/mol. The highest BCUT2D eigenvalue weighted by atomic mass is 32.2. The summed E-state index contributed by atoms with van der Waals surface area (Å²) in [6.45, 7) is 6.74. The smallest absolute Gasteiger partial charge is 0.150 e. The van der Waals surface area contributed by atoms with Crippen molar-refractivity contribution in [3.63, 3.8) is 0 Å². The molecular formula is C16H32N2O2S. The Balaban J connectivity index is 1.85. The molecule has 0 aromatic carbocycles. The number of piperidine rings is 1. The first-order valence-electron chi connectivity index (χ1n) is 8.64. The Morgan fingerprint density at radius 1 is 1.19 bits per heavy atom. The molecule has 1 heterocycles. The summed E-state index contributed by atoms with van der Waals surface area (Å²) in [5.41, 5.74) is 0. The first kappa shape index (κ1) is 17.2. The normalized spacial score (nSPS) is 32.2. The van der Waals surface area contributed by atoms with E-state index >= 15 is 0 Å². The van der Waals surface area contributed by atoms with Gasteiger partial charge in [0.25, 0.3) is 0 Å². The first-order chi connectivity index (χ1) is 10.0. The summed E-state index contributed by atoms with van der Waals surface area (Å²) in [6, 6.07) is 0.493. The van der Waals surface area contributed by atoms with E-state index in [1.807, 2.05) is 0 Å². The van der Waals surface area contributed by atoms with Crippen LogP contribution in [0.3, 0.4) is 0 Å². The lowest BCUT2D eigenvalue weighted by atomic mass is 9.90. The maximum Gasteiger partial charge on any atom is 0.150 e. The van der Waals surface area contributed by atoms with Crippen LogP contribution in [0, 0.1) is 5.92 Å². The van der Waals surface area contributed by atoms with Crippen LogP contribution in [-0.4, -0.2) is 57.0 Å². The largest absolute Gasteiger partial charge is 0.316 e. The number of likely N-dealkylation sites (tertiary alicyclic amines) is 1. The molecule has 1 aliphatic heterocycles. The van der Waals surface area contributed by atoms with Gasteiger partial charge in [-0.05, 0) is 64.1 Å². The molecule has 5 heteroatoms. The van der Waals surface area contributed by atoms with Crippen molar-refractivity contribution in [1.29, 1.82) is 0 Å². The van der Waals surface area contributed by atoms with E-state index in [0.717, 1.165) is 51.4 Å². The van der Waals surface area contributed by atoms with Crippen LogP contribution in [0.15, 0.2) is 0 Å². The molecule has 124 valence electrons. The fourth-order valence-corrected chi connectivity index (χ4v) is 5.09. The maximum atomic E-state index is 11.8. The van der Waals surface area contributed by atoms with Crippen LogP contribution < -0.4 is 5.32 Å². The van der Waals surface area contributed by atoms with Crippen molar-refractivity contribution >= 4 is 9.84 Å². The summed E-state index contributed by atoms with van der Waals surface area (Å²) < 4.78 is 23.6. The molecule has 21 heavy (non-hydrogen) atoms. The van der Waals surface area contributed by atoms with E-state index in [4.69, 9.17) is 0 Å². The van der Waals surface area contributed by atoms with Gasteiger partial charge >= 0.3 is 0 Å². The molecule has 2 rings (SSSR count). The number of nitrogens with zero attached hydrogens (tertiary/aromatic N) is 1. The Bertz CT molecular complexity index is 411. The topological polar surface area (TPSA) is 49.4 Å². The van der Waals surface area contributed by atoms with Crippen LogP contribution in [0.4, 0.5) is 0 Å². The minimum atomic E-state index is -2.87. The van der Waals surface area contributed by atoms with Gasteiger partial charge in [-0.2, -0.15) is 0 Å². The number of rotatable bonds is 6. The predicted octanol–water partition coefficient (Wildman–Crippen LogP) is 2.05. The van der Waals surface area contributed by atoms with Gasteiger partial charge in [-0.25, -0.2) is 8.42 Å². The Morgan fingerprint density at radius 3 is 2.71 bits per heavy atom. The molecule has 0 aromatic heterocycles. The van der Waals surface area contributed by atoms with Crippen molar-refractivity contribution < 1.29 is 8.42 Å². The third-order valence-electron chi connectivity index (χ3n) is 5.13. The van der Waals surface area contributed by atoms with Crippen LogP contribution in [0.2, 0.25) is 0 Å². The zero-order valence-electron chi connectivity index (χ0n) is 13.7. The molecular weight excluding hydrogens is 284 g/mol. The van der Waals surface area contributed by atoms with Gasteiger partial charge in [0.05, 0.1) is 5.25 Å². The van der Waals surface area contributed by atoms with Gasteiger partial charge in [0, 0.05) is 18.8 Å². The molecule has 0 aromatic rings. The standard InChI is InChI=1S/C16H32N2O2S/c1-3-9-17-12-14-6-5-10-18(13-14)15-7-4-8-16(11-15)21(2,19)20/h14-17H,3-13H2,1-2H3. The maximum absolute atomic E-state index is 11.8. The number of sulfone groups is 1. The second-order valence-corrected chi connectivity index (χ2v) is 9.30. The Kier molecular flexibility index (Phi) is 6.51. The zero-order chi connectivity index (χ0) is 15.3. The summed E-state index contributed by atoms with van der Waals surface area (Å²) in [5.74, 6) is 0.740. The lowest BCUT2D eigenvalue weighted by Crippen LogP contribution is -2.48. The molecule has 0 radical (unpaired) electrons. The Hall–Kier alpha value is -0.130. The first-order valence-corrected chi connectivity index (χ1v) is 10.6. The van der Waals surface area contributed by atoms with Crippen LogP contribution >= 0.6 is 0 Å². The molecule has 1 aliphatic carbocycles. The molecule has 4 nitrogen and oxygen atoms in total. The van der Waals surface area contributed by atoms with Crippen molar-refractivity contribution in [3.05, 3.63) is 0 Å². The van der Waals surface area contributed by atoms with Gasteiger partial charge in [-0.15, -0.1) is 0 Å². The summed E-state index contributed by atoms with van der Waals surface area (Å²) in [6.07, 6.45) is 9.15. The quantitative estimate of drug-likeness (QED) is 0.762. The minimum Gasteiger partial charge on any atom is -0.316 e. The summed E-state index contributed by atoms with van der Waals surface area (Å²) in [7, 11) is -2.87. The number of nitrogens with one attached hydrogen (secondary N) is 1. The zero-order valence-corrected chi connectivity index (χ0v) is 14.5. The molecule has 0 spiro atoms. The lowest BCUT2D eigenvalue weighted by molar-refractivity contribution is 0.0989. The van der Waals surface area contributed by atoms with Crippen molar-refractivity contribution in [3.8, 4) is 0 Å². The average molecular weight is 317 g/mol. The summed E-state index contributed by atoms with van der Waals surface area (Å²) >= 11 is 0. The number of hydrogen-bond donors (Lipinski definition) is 1. The van der Waals surface area contributed by atoms with Gasteiger partial charge in [-0.1, -0.05) is 13.3 Å². The van der Waals surface area contributed by atoms with E-state index in [2.05, 4.69) is 17.1 Å². The second-order valence-electron chi connectivity index (χ2n) is 6.98. The van der Waals surface area contributed by atoms with Crippen LogP contribution in [-0.2, 0) is 9.84 Å². The number of hydrogen-bond acceptors (Lipinski definition) is 4. The van der Waals surface area contributed by atoms with Crippen LogP contribution in [0.25, 0.3) is 0 Å². The van der Waals surface area contributed by atoms with Gasteiger partial charge in [0.1, 0.15) is 9.84 Å². The Labute approximate surface area is 130 Å². The summed E-state index contributed by atoms with van der Waals surface area (Å²) in [5, 5.41) is 3.44. The van der Waals surface area contributed by atoms with Crippen molar-refractivity contribution in [1.82, 2.24) is 10.2 Å². The molecule has 3 atom stereocenters. The highest BCUT2D eigenvalue weighted by Crippen LogP contribution is 2.30. The fraction of sp³-hybridized carbons (Fsp3) is 1.00. The van der Waals surface area contributed by atoms with E-state index < -0.39 is 9.84 Å². The molecule has 1 N–H and O–H groups in total. The van der Waals surface area contributed by atoms with Gasteiger partial charge in [0.15, 0.2) is 0 Å². The predicted molar refractivity (Wildman–Crippen MR) is 88.3 cm³/mol. The van der Waals surface area contributed by atoms with Crippen LogP contribution in [0.5, 0.6) is 0 Å². The molecule has 0 amide bonds. The van der Waals surface area contributed by atoms with E-state index in [0.29, 0.717) is 6.04 Å². The molecule has 0 bridgehead atoms. The van der Waals surface area contributed by atoms with Gasteiger partial charge < -0.3 is 10.2 Å². The van der Waals surface area contributed by atoms with Crippen molar-refractivity contribution in [2.45, 2.75) is 63.2 Å². The highest BCUT2D eigenvalue weighted by molar-refractivity contribution is 7.91. The third-order valence-corrected chi connectivity index (χ3v) is 6.77. The molecule has 1 saturated carbocycles.